The minimum atomic E-state index is -0.147. The number of amides is 1. The van der Waals surface area contributed by atoms with Crippen molar-refractivity contribution in [3.63, 3.8) is 0 Å². The van der Waals surface area contributed by atoms with Crippen LogP contribution in [-0.2, 0) is 17.9 Å². The third kappa shape index (κ3) is 5.68. The van der Waals surface area contributed by atoms with E-state index in [1.165, 1.54) is 17.3 Å². The van der Waals surface area contributed by atoms with E-state index in [0.717, 1.165) is 24.1 Å². The summed E-state index contributed by atoms with van der Waals surface area (Å²) in [4.78, 5) is 31.5. The first-order valence-corrected chi connectivity index (χ1v) is 10.7. The maximum absolute atomic E-state index is 12.6. The molecule has 0 saturated heterocycles. The monoisotopic (exact) mass is 410 g/mol. The second-order valence-corrected chi connectivity index (χ2v) is 7.78. The molecular weight excluding hydrogens is 384 g/mol. The van der Waals surface area contributed by atoms with E-state index in [9.17, 15) is 9.59 Å². The van der Waals surface area contributed by atoms with Crippen LogP contribution < -0.4 is 10.9 Å². The van der Waals surface area contributed by atoms with Gasteiger partial charge in [-0.2, -0.15) is 0 Å². The average Bonchev–Trinajstić information content (AvgIpc) is 2.73. The Morgan fingerprint density at radius 3 is 2.62 bits per heavy atom. The van der Waals surface area contributed by atoms with E-state index in [0.29, 0.717) is 18.1 Å². The van der Waals surface area contributed by atoms with Gasteiger partial charge in [-0.15, -0.1) is 0 Å². The molecule has 0 aliphatic rings. The van der Waals surface area contributed by atoms with Gasteiger partial charge in [-0.05, 0) is 31.7 Å². The molecule has 1 heterocycles. The molecule has 0 saturated carbocycles. The fourth-order valence-electron chi connectivity index (χ4n) is 3.12. The summed E-state index contributed by atoms with van der Waals surface area (Å²) in [5, 5.41) is 3.28. The molecule has 0 radical (unpaired) electrons. The SMILES string of the molecule is CCn1c(=O)c(SCC(=O)NCCN(C)Cc2ccccc2)nc2ccccc21. The summed E-state index contributed by atoms with van der Waals surface area (Å²) in [5.41, 5.74) is 2.67. The molecule has 0 aliphatic carbocycles. The van der Waals surface area contributed by atoms with Gasteiger partial charge in [-0.25, -0.2) is 4.98 Å². The van der Waals surface area contributed by atoms with E-state index >= 15 is 0 Å². The number of hydrogen-bond acceptors (Lipinski definition) is 5. The number of fused-ring (bicyclic) bond motifs is 1. The van der Waals surface area contributed by atoms with Crippen LogP contribution in [0.25, 0.3) is 11.0 Å². The predicted octanol–water partition coefficient (Wildman–Crippen LogP) is 2.76. The smallest absolute Gasteiger partial charge is 0.283 e. The summed E-state index contributed by atoms with van der Waals surface area (Å²) in [6, 6.07) is 17.8. The van der Waals surface area contributed by atoms with Crippen LogP contribution in [0, 0.1) is 0 Å². The molecule has 0 fully saturated rings. The second kappa shape index (κ2) is 10.2. The van der Waals surface area contributed by atoms with Crippen LogP contribution in [-0.4, -0.2) is 46.2 Å². The van der Waals surface area contributed by atoms with Crippen molar-refractivity contribution in [2.24, 2.45) is 0 Å². The minimum absolute atomic E-state index is 0.0967. The Balaban J connectivity index is 1.50. The highest BCUT2D eigenvalue weighted by molar-refractivity contribution is 7.99. The van der Waals surface area contributed by atoms with Crippen LogP contribution in [0.15, 0.2) is 64.4 Å². The molecule has 0 spiro atoms. The van der Waals surface area contributed by atoms with Gasteiger partial charge in [0.15, 0.2) is 5.03 Å². The molecule has 152 valence electrons. The number of rotatable bonds is 9. The van der Waals surface area contributed by atoms with Crippen LogP contribution >= 0.6 is 11.8 Å². The van der Waals surface area contributed by atoms with Crippen LogP contribution in [0.2, 0.25) is 0 Å². The van der Waals surface area contributed by atoms with Gasteiger partial charge in [0.1, 0.15) is 0 Å². The molecule has 6 nitrogen and oxygen atoms in total. The molecule has 1 amide bonds. The largest absolute Gasteiger partial charge is 0.354 e. The van der Waals surface area contributed by atoms with E-state index in [-0.39, 0.29) is 17.2 Å². The average molecular weight is 411 g/mol. The zero-order chi connectivity index (χ0) is 20.6. The highest BCUT2D eigenvalue weighted by atomic mass is 32.2. The molecule has 0 unspecified atom stereocenters. The minimum Gasteiger partial charge on any atom is -0.354 e. The van der Waals surface area contributed by atoms with E-state index in [1.54, 1.807) is 4.57 Å². The van der Waals surface area contributed by atoms with Gasteiger partial charge in [0.25, 0.3) is 5.56 Å². The number of likely N-dealkylation sites (N-methyl/N-ethyl adjacent to an activating group) is 1. The summed E-state index contributed by atoms with van der Waals surface area (Å²) < 4.78 is 1.70. The number of carbonyl (C=O) groups is 1. The number of benzene rings is 2. The van der Waals surface area contributed by atoms with Crippen LogP contribution in [0.4, 0.5) is 0 Å². The first kappa shape index (κ1) is 21.1. The van der Waals surface area contributed by atoms with Crippen molar-refractivity contribution in [1.82, 2.24) is 19.8 Å². The Labute approximate surface area is 174 Å². The predicted molar refractivity (Wildman–Crippen MR) is 118 cm³/mol. The number of hydrogen-bond donors (Lipinski definition) is 1. The van der Waals surface area contributed by atoms with E-state index in [1.807, 2.05) is 56.4 Å². The summed E-state index contributed by atoms with van der Waals surface area (Å²) in [6.45, 7) is 4.65. The van der Waals surface area contributed by atoms with Gasteiger partial charge >= 0.3 is 0 Å². The normalized spacial score (nSPS) is 11.1. The van der Waals surface area contributed by atoms with Gasteiger partial charge in [0.05, 0.1) is 16.8 Å². The Hall–Kier alpha value is -2.64. The number of nitrogens with zero attached hydrogens (tertiary/aromatic N) is 3. The molecule has 2 aromatic carbocycles. The summed E-state index contributed by atoms with van der Waals surface area (Å²) in [7, 11) is 2.03. The Bertz CT molecular complexity index is 1020. The number of para-hydroxylation sites is 2. The van der Waals surface area contributed by atoms with Crippen molar-refractivity contribution in [2.75, 3.05) is 25.9 Å². The maximum atomic E-state index is 12.6. The molecule has 0 aliphatic heterocycles. The topological polar surface area (TPSA) is 67.2 Å². The molecule has 29 heavy (non-hydrogen) atoms. The third-order valence-corrected chi connectivity index (χ3v) is 5.54. The van der Waals surface area contributed by atoms with Gasteiger partial charge in [0.2, 0.25) is 5.91 Å². The van der Waals surface area contributed by atoms with Gasteiger partial charge < -0.3 is 14.8 Å². The maximum Gasteiger partial charge on any atom is 0.283 e. The van der Waals surface area contributed by atoms with Gasteiger partial charge in [-0.1, -0.05) is 54.2 Å². The molecule has 1 aromatic heterocycles. The Kier molecular flexibility index (Phi) is 7.43. The van der Waals surface area contributed by atoms with Crippen molar-refractivity contribution in [2.45, 2.75) is 25.0 Å². The Morgan fingerprint density at radius 2 is 1.86 bits per heavy atom. The second-order valence-electron chi connectivity index (χ2n) is 6.82. The summed E-state index contributed by atoms with van der Waals surface area (Å²) >= 11 is 1.19. The number of aromatic nitrogens is 2. The van der Waals surface area contributed by atoms with Crippen molar-refractivity contribution < 1.29 is 4.79 Å². The fraction of sp³-hybridized carbons (Fsp3) is 0.318. The van der Waals surface area contributed by atoms with Crippen molar-refractivity contribution >= 4 is 28.7 Å². The number of carbonyl (C=O) groups excluding carboxylic acids is 1. The zero-order valence-corrected chi connectivity index (χ0v) is 17.6. The lowest BCUT2D eigenvalue weighted by Gasteiger charge is -2.17. The van der Waals surface area contributed by atoms with Crippen LogP contribution in [0.1, 0.15) is 12.5 Å². The van der Waals surface area contributed by atoms with E-state index < -0.39 is 0 Å². The molecule has 3 aromatic rings. The molecule has 0 atom stereocenters. The molecule has 1 N–H and O–H groups in total. The number of nitrogens with one attached hydrogen (secondary N) is 1. The molecular formula is C22H26N4O2S. The van der Waals surface area contributed by atoms with Crippen LogP contribution in [0.3, 0.4) is 0 Å². The lowest BCUT2D eigenvalue weighted by Crippen LogP contribution is -2.34. The molecule has 7 heteroatoms. The standard InChI is InChI=1S/C22H26N4O2S/c1-3-26-19-12-8-7-11-18(19)24-21(22(26)28)29-16-20(27)23-13-14-25(2)15-17-9-5-4-6-10-17/h4-12H,3,13-16H2,1-2H3,(H,23,27). The van der Waals surface area contributed by atoms with Crippen molar-refractivity contribution in [3.05, 3.63) is 70.5 Å². The number of aryl methyl sites for hydroxylation is 1. The van der Waals surface area contributed by atoms with Crippen LogP contribution in [0.5, 0.6) is 0 Å². The van der Waals surface area contributed by atoms with E-state index in [4.69, 9.17) is 0 Å². The zero-order valence-electron chi connectivity index (χ0n) is 16.8. The molecule has 0 bridgehead atoms. The fourth-order valence-corrected chi connectivity index (χ4v) is 3.89. The highest BCUT2D eigenvalue weighted by Crippen LogP contribution is 2.16. The summed E-state index contributed by atoms with van der Waals surface area (Å²) in [6.07, 6.45) is 0. The Morgan fingerprint density at radius 1 is 1.14 bits per heavy atom. The lowest BCUT2D eigenvalue weighted by atomic mass is 10.2. The van der Waals surface area contributed by atoms with Crippen molar-refractivity contribution in [1.29, 1.82) is 0 Å². The highest BCUT2D eigenvalue weighted by Gasteiger charge is 2.12. The molecule has 3 rings (SSSR count). The van der Waals surface area contributed by atoms with Crippen molar-refractivity contribution in [3.8, 4) is 0 Å². The van der Waals surface area contributed by atoms with Gasteiger partial charge in [-0.3, -0.25) is 9.59 Å². The first-order valence-electron chi connectivity index (χ1n) is 9.70. The number of thioether (sulfide) groups is 1. The first-order chi connectivity index (χ1) is 14.1. The summed E-state index contributed by atoms with van der Waals surface area (Å²) in [5.74, 6) is 0.0766. The third-order valence-electron chi connectivity index (χ3n) is 4.59. The van der Waals surface area contributed by atoms with Gasteiger partial charge in [0, 0.05) is 26.2 Å². The lowest BCUT2D eigenvalue weighted by molar-refractivity contribution is -0.118. The quantitative estimate of drug-likeness (QED) is 0.550. The van der Waals surface area contributed by atoms with E-state index in [2.05, 4.69) is 27.3 Å².